The number of methoxy groups -OCH3 is 1. The van der Waals surface area contributed by atoms with Crippen molar-refractivity contribution in [1.29, 1.82) is 0 Å². The van der Waals surface area contributed by atoms with Gasteiger partial charge in [0, 0.05) is 17.6 Å². The molecular weight excluding hydrogens is 339 g/mol. The molecule has 0 aliphatic heterocycles. The second kappa shape index (κ2) is 7.36. The van der Waals surface area contributed by atoms with Crippen molar-refractivity contribution in [2.75, 3.05) is 20.7 Å². The molecule has 0 aromatic heterocycles. The summed E-state index contributed by atoms with van der Waals surface area (Å²) in [5.41, 5.74) is -0.157. The Morgan fingerprint density at radius 1 is 1.39 bits per heavy atom. The van der Waals surface area contributed by atoms with Crippen molar-refractivity contribution < 1.29 is 32.6 Å². The zero-order valence-electron chi connectivity index (χ0n) is 12.1. The molecule has 1 rings (SSSR count). The summed E-state index contributed by atoms with van der Waals surface area (Å²) in [5, 5.41) is 9.43. The summed E-state index contributed by atoms with van der Waals surface area (Å²) >= 11 is 5.81. The first-order chi connectivity index (χ1) is 10.6. The van der Waals surface area contributed by atoms with Crippen LogP contribution in [0, 0.1) is 0 Å². The first kappa shape index (κ1) is 18.8. The van der Waals surface area contributed by atoms with Crippen LogP contribution in [0.4, 0.5) is 13.2 Å². The Hall–Kier alpha value is -2.22. The lowest BCUT2D eigenvalue weighted by Crippen LogP contribution is -2.40. The van der Waals surface area contributed by atoms with E-state index in [0.717, 1.165) is 13.1 Å². The number of carbonyl (C=O) groups is 2. The number of carboxylic acid groups (broad SMARTS) is 1. The van der Waals surface area contributed by atoms with Gasteiger partial charge in [-0.1, -0.05) is 11.6 Å². The fraction of sp³-hybridized carbons (Fsp3) is 0.286. The molecule has 0 atom stereocenters. The minimum atomic E-state index is -5.08. The topological polar surface area (TPSA) is 66.8 Å². The van der Waals surface area contributed by atoms with E-state index in [4.69, 9.17) is 21.4 Å². The smallest absolute Gasteiger partial charge is 0.471 e. The predicted molar refractivity (Wildman–Crippen MR) is 77.3 cm³/mol. The maximum atomic E-state index is 12.4. The number of amides is 1. The minimum absolute atomic E-state index is 0.269. The number of alkyl halides is 3. The molecule has 0 aliphatic rings. The Morgan fingerprint density at radius 3 is 2.48 bits per heavy atom. The number of carbonyl (C=O) groups excluding carboxylic acids is 1. The van der Waals surface area contributed by atoms with Crippen molar-refractivity contribution in [1.82, 2.24) is 4.90 Å². The van der Waals surface area contributed by atoms with E-state index in [-0.39, 0.29) is 16.2 Å². The van der Waals surface area contributed by atoms with E-state index in [1.54, 1.807) is 0 Å². The lowest BCUT2D eigenvalue weighted by atomic mass is 10.1. The van der Waals surface area contributed by atoms with Crippen LogP contribution in [-0.4, -0.2) is 48.8 Å². The van der Waals surface area contributed by atoms with Crippen molar-refractivity contribution >= 4 is 29.6 Å². The van der Waals surface area contributed by atoms with E-state index in [0.29, 0.717) is 5.02 Å². The SMILES string of the molecule is COc1ccc(Cl)cc1C=C(CN(C)C(=O)C(F)(F)F)C(=O)O. The Labute approximate surface area is 134 Å². The minimum Gasteiger partial charge on any atom is -0.496 e. The zero-order valence-corrected chi connectivity index (χ0v) is 12.9. The Bertz CT molecular complexity index is 643. The lowest BCUT2D eigenvalue weighted by molar-refractivity contribution is -0.183. The highest BCUT2D eigenvalue weighted by atomic mass is 35.5. The molecule has 0 saturated carbocycles. The molecule has 9 heteroatoms. The summed E-state index contributed by atoms with van der Waals surface area (Å²) in [6.07, 6.45) is -3.97. The van der Waals surface area contributed by atoms with Crippen LogP contribution in [0.1, 0.15) is 5.56 Å². The molecule has 0 radical (unpaired) electrons. The third kappa shape index (κ3) is 5.17. The van der Waals surface area contributed by atoms with Crippen LogP contribution < -0.4 is 4.74 Å². The molecule has 0 saturated heterocycles. The highest BCUT2D eigenvalue weighted by molar-refractivity contribution is 6.30. The molecule has 5 nitrogen and oxygen atoms in total. The summed E-state index contributed by atoms with van der Waals surface area (Å²) in [5.74, 6) is -3.31. The molecule has 0 fully saturated rings. The highest BCUT2D eigenvalue weighted by Gasteiger charge is 2.41. The predicted octanol–water partition coefficient (Wildman–Crippen LogP) is 2.84. The number of benzene rings is 1. The van der Waals surface area contributed by atoms with Crippen molar-refractivity contribution in [3.63, 3.8) is 0 Å². The van der Waals surface area contributed by atoms with Gasteiger partial charge in [-0.3, -0.25) is 4.79 Å². The van der Waals surface area contributed by atoms with Gasteiger partial charge < -0.3 is 14.7 Å². The van der Waals surface area contributed by atoms with E-state index < -0.39 is 30.2 Å². The number of aliphatic carboxylic acids is 1. The van der Waals surface area contributed by atoms with E-state index in [1.165, 1.54) is 25.3 Å². The molecule has 23 heavy (non-hydrogen) atoms. The average Bonchev–Trinajstić information content (AvgIpc) is 2.44. The van der Waals surface area contributed by atoms with Gasteiger partial charge in [0.2, 0.25) is 0 Å². The molecule has 1 aromatic rings. The van der Waals surface area contributed by atoms with Crippen molar-refractivity contribution in [3.05, 3.63) is 34.4 Å². The molecule has 1 N–H and O–H groups in total. The maximum Gasteiger partial charge on any atom is 0.471 e. The van der Waals surface area contributed by atoms with Crippen LogP contribution in [-0.2, 0) is 9.59 Å². The van der Waals surface area contributed by atoms with Gasteiger partial charge in [0.15, 0.2) is 0 Å². The van der Waals surface area contributed by atoms with Gasteiger partial charge in [-0.2, -0.15) is 13.2 Å². The van der Waals surface area contributed by atoms with Crippen molar-refractivity contribution in [2.24, 2.45) is 0 Å². The summed E-state index contributed by atoms with van der Waals surface area (Å²) < 4.78 is 42.1. The van der Waals surface area contributed by atoms with Crippen molar-refractivity contribution in [2.45, 2.75) is 6.18 Å². The molecule has 0 heterocycles. The molecule has 126 valence electrons. The largest absolute Gasteiger partial charge is 0.496 e. The van der Waals surface area contributed by atoms with Gasteiger partial charge in [0.05, 0.1) is 19.2 Å². The summed E-state index contributed by atoms with van der Waals surface area (Å²) in [4.78, 5) is 22.6. The van der Waals surface area contributed by atoms with Crippen LogP contribution >= 0.6 is 11.6 Å². The van der Waals surface area contributed by atoms with E-state index in [9.17, 15) is 22.8 Å². The number of likely N-dealkylation sites (N-methyl/N-ethyl adjacent to an activating group) is 1. The number of nitrogens with zero attached hydrogens (tertiary/aromatic N) is 1. The second-order valence-corrected chi connectivity index (χ2v) is 4.96. The summed E-state index contributed by atoms with van der Waals surface area (Å²) in [6, 6.07) is 4.39. The van der Waals surface area contributed by atoms with E-state index >= 15 is 0 Å². The lowest BCUT2D eigenvalue weighted by Gasteiger charge is -2.19. The number of hydrogen-bond donors (Lipinski definition) is 1. The molecule has 0 unspecified atom stereocenters. The standard InChI is InChI=1S/C14H13ClF3NO4/c1-19(13(22)14(16,17)18)7-9(12(20)21)5-8-6-10(15)3-4-11(8)23-2/h3-6H,7H2,1-2H3,(H,20,21). The third-order valence-corrected chi connectivity index (χ3v) is 3.03. The maximum absolute atomic E-state index is 12.4. The van der Waals surface area contributed by atoms with Gasteiger partial charge in [-0.15, -0.1) is 0 Å². The number of hydrogen-bond acceptors (Lipinski definition) is 3. The van der Waals surface area contributed by atoms with Crippen LogP contribution in [0.2, 0.25) is 5.02 Å². The Kier molecular flexibility index (Phi) is 6.03. The van der Waals surface area contributed by atoms with Gasteiger partial charge in [0.25, 0.3) is 0 Å². The Morgan fingerprint density at radius 2 is 2.00 bits per heavy atom. The highest BCUT2D eigenvalue weighted by Crippen LogP contribution is 2.25. The first-order valence-electron chi connectivity index (χ1n) is 6.16. The molecule has 0 spiro atoms. The molecule has 0 aliphatic carbocycles. The molecular formula is C14H13ClF3NO4. The van der Waals surface area contributed by atoms with Crippen molar-refractivity contribution in [3.8, 4) is 5.75 Å². The number of ether oxygens (including phenoxy) is 1. The number of carboxylic acids is 1. The average molecular weight is 352 g/mol. The second-order valence-electron chi connectivity index (χ2n) is 4.52. The first-order valence-corrected chi connectivity index (χ1v) is 6.53. The van der Waals surface area contributed by atoms with Gasteiger partial charge in [0.1, 0.15) is 5.75 Å². The monoisotopic (exact) mass is 351 g/mol. The fourth-order valence-electron chi connectivity index (χ4n) is 1.72. The third-order valence-electron chi connectivity index (χ3n) is 2.79. The number of halogens is 4. The van der Waals surface area contributed by atoms with Crippen LogP contribution in [0.25, 0.3) is 6.08 Å². The summed E-state index contributed by atoms with van der Waals surface area (Å²) in [7, 11) is 2.21. The zero-order chi connectivity index (χ0) is 17.8. The van der Waals surface area contributed by atoms with Gasteiger partial charge in [-0.25, -0.2) is 4.79 Å². The van der Waals surface area contributed by atoms with E-state index in [2.05, 4.69) is 0 Å². The Balaban J connectivity index is 3.15. The number of rotatable bonds is 5. The van der Waals surface area contributed by atoms with Gasteiger partial charge >= 0.3 is 18.1 Å². The van der Waals surface area contributed by atoms with E-state index in [1.807, 2.05) is 0 Å². The quantitative estimate of drug-likeness (QED) is 0.828. The van der Waals surface area contributed by atoms with Crippen LogP contribution in [0.3, 0.4) is 0 Å². The molecule has 1 amide bonds. The van der Waals surface area contributed by atoms with Crippen LogP contribution in [0.15, 0.2) is 23.8 Å². The summed E-state index contributed by atoms with van der Waals surface area (Å²) in [6.45, 7) is -0.733. The fourth-order valence-corrected chi connectivity index (χ4v) is 1.91. The molecule has 0 bridgehead atoms. The van der Waals surface area contributed by atoms with Crippen LogP contribution in [0.5, 0.6) is 5.75 Å². The van der Waals surface area contributed by atoms with Gasteiger partial charge in [-0.05, 0) is 24.3 Å². The molecule has 1 aromatic carbocycles. The normalized spacial score (nSPS) is 12.0.